The largest absolute Gasteiger partial charge is 0.413 e. The van der Waals surface area contributed by atoms with Gasteiger partial charge in [-0.25, -0.2) is 0 Å². The minimum Gasteiger partial charge on any atom is -0.413 e. The van der Waals surface area contributed by atoms with E-state index in [9.17, 15) is 4.79 Å². The summed E-state index contributed by atoms with van der Waals surface area (Å²) in [5.41, 5.74) is 0. The van der Waals surface area contributed by atoms with Crippen LogP contribution in [-0.4, -0.2) is 43.6 Å². The predicted octanol–water partition coefficient (Wildman–Crippen LogP) is -0.171. The average Bonchev–Trinajstić information content (AvgIpc) is 1.69. The van der Waals surface area contributed by atoms with Crippen LogP contribution in [0, 0.1) is 0 Å². The molecule has 0 atom stereocenters. The molecule has 1 aliphatic rings. The molecule has 0 saturated carbocycles. The molecule has 2 radical (unpaired) electrons. The maximum absolute atomic E-state index is 10.2. The molecule has 1 heterocycles. The van der Waals surface area contributed by atoms with Gasteiger partial charge >= 0.3 is 0 Å². The molecule has 1 N–H and O–H groups in total. The molecule has 0 spiro atoms. The van der Waals surface area contributed by atoms with Crippen molar-refractivity contribution in [1.82, 2.24) is 4.72 Å². The number of nitrogens with one attached hydrogen (secondary N) is 1. The molecule has 1 aliphatic heterocycles. The summed E-state index contributed by atoms with van der Waals surface area (Å²) in [6, 6.07) is 0. The maximum Gasteiger partial charge on any atom is 0.259 e. The van der Waals surface area contributed by atoms with E-state index < -0.39 is 0 Å². The minimum absolute atomic E-state index is 0. The van der Waals surface area contributed by atoms with Crippen LogP contribution in [-0.2, 0) is 8.98 Å². The van der Waals surface area contributed by atoms with Crippen molar-refractivity contribution in [2.75, 3.05) is 0 Å². The molecule has 0 aromatic carbocycles. The van der Waals surface area contributed by atoms with Gasteiger partial charge in [0.05, 0.1) is 0 Å². The molecule has 1 rings (SSSR count). The summed E-state index contributed by atoms with van der Waals surface area (Å²) in [6.45, 7) is 0. The van der Waals surface area contributed by atoms with Crippen molar-refractivity contribution in [1.29, 1.82) is 0 Å². The van der Waals surface area contributed by atoms with Gasteiger partial charge < -0.3 is 4.18 Å². The molecular formula is C3H3CaNO2S. The number of amides is 1. The van der Waals surface area contributed by atoms with E-state index in [0.717, 1.165) is 12.2 Å². The fourth-order valence-electron chi connectivity index (χ4n) is 0.216. The first kappa shape index (κ1) is 8.62. The van der Waals surface area contributed by atoms with Gasteiger partial charge in [-0.2, -0.15) is 0 Å². The minimum atomic E-state index is -0.128. The molecule has 0 saturated heterocycles. The molecule has 40 valence electrons. The summed E-state index contributed by atoms with van der Waals surface area (Å²) < 4.78 is 6.89. The topological polar surface area (TPSA) is 38.3 Å². The first-order valence-electron chi connectivity index (χ1n) is 1.68. The van der Waals surface area contributed by atoms with Gasteiger partial charge in [0.15, 0.2) is 12.2 Å². The van der Waals surface area contributed by atoms with Gasteiger partial charge in [-0.3, -0.25) is 9.52 Å². The second-order valence-electron chi connectivity index (χ2n) is 0.949. The van der Waals surface area contributed by atoms with Crippen molar-refractivity contribution in [2.45, 2.75) is 0 Å². The van der Waals surface area contributed by atoms with E-state index >= 15 is 0 Å². The molecule has 1 amide bonds. The SMILES string of the molecule is O=C1C=COSN1.[Ca]. The molecule has 0 aromatic heterocycles. The zero-order valence-corrected chi connectivity index (χ0v) is 7.11. The van der Waals surface area contributed by atoms with Gasteiger partial charge in [0.1, 0.15) is 6.26 Å². The smallest absolute Gasteiger partial charge is 0.259 e. The van der Waals surface area contributed by atoms with Crippen LogP contribution in [0.2, 0.25) is 0 Å². The second-order valence-corrected chi connectivity index (χ2v) is 1.51. The van der Waals surface area contributed by atoms with E-state index in [0.29, 0.717) is 0 Å². The van der Waals surface area contributed by atoms with Crippen LogP contribution in [0.15, 0.2) is 12.3 Å². The van der Waals surface area contributed by atoms with Crippen LogP contribution in [0.4, 0.5) is 0 Å². The summed E-state index contributed by atoms with van der Waals surface area (Å²) >= 11 is 0.917. The zero-order valence-electron chi connectivity index (χ0n) is 4.09. The Bertz CT molecular complexity index is 116. The Morgan fingerprint density at radius 3 is 2.75 bits per heavy atom. The first-order chi connectivity index (χ1) is 3.39. The fourth-order valence-corrected chi connectivity index (χ4v) is 0.526. The quantitative estimate of drug-likeness (QED) is 0.301. The molecule has 0 aliphatic carbocycles. The number of carbonyl (C=O) groups excluding carboxylic acids is 1. The molecular weight excluding hydrogens is 154 g/mol. The first-order valence-corrected chi connectivity index (χ1v) is 2.42. The summed E-state index contributed by atoms with van der Waals surface area (Å²) in [5, 5.41) is 0. The molecule has 5 heteroatoms. The van der Waals surface area contributed by atoms with E-state index in [1.807, 2.05) is 0 Å². The van der Waals surface area contributed by atoms with Gasteiger partial charge in [0.2, 0.25) is 0 Å². The Morgan fingerprint density at radius 2 is 2.50 bits per heavy atom. The van der Waals surface area contributed by atoms with Crippen molar-refractivity contribution in [3.63, 3.8) is 0 Å². The fraction of sp³-hybridized carbons (Fsp3) is 0. The standard InChI is InChI=1S/C3H3NO2S.Ca/c5-3-1-2-6-7-4-3;/h1-2H,(H,4,5);. The van der Waals surface area contributed by atoms with Crippen LogP contribution in [0.25, 0.3) is 0 Å². The van der Waals surface area contributed by atoms with Crippen molar-refractivity contribution in [2.24, 2.45) is 0 Å². The summed E-state index contributed by atoms with van der Waals surface area (Å²) in [4.78, 5) is 10.2. The van der Waals surface area contributed by atoms with Crippen LogP contribution in [0.1, 0.15) is 0 Å². The maximum atomic E-state index is 10.2. The van der Waals surface area contributed by atoms with Crippen LogP contribution < -0.4 is 4.72 Å². The van der Waals surface area contributed by atoms with Gasteiger partial charge in [-0.15, -0.1) is 0 Å². The van der Waals surface area contributed by atoms with Crippen LogP contribution in [0.5, 0.6) is 0 Å². The molecule has 0 aromatic rings. The summed E-state index contributed by atoms with van der Waals surface area (Å²) in [7, 11) is 0. The molecule has 0 fully saturated rings. The van der Waals surface area contributed by atoms with E-state index in [1.165, 1.54) is 12.3 Å². The van der Waals surface area contributed by atoms with Gasteiger partial charge in [-0.1, -0.05) is 0 Å². The number of hydrogen-bond donors (Lipinski definition) is 1. The van der Waals surface area contributed by atoms with Crippen molar-refractivity contribution in [3.8, 4) is 0 Å². The van der Waals surface area contributed by atoms with Crippen LogP contribution >= 0.6 is 12.2 Å². The molecule has 0 unspecified atom stereocenters. The van der Waals surface area contributed by atoms with E-state index in [4.69, 9.17) is 0 Å². The van der Waals surface area contributed by atoms with Crippen molar-refractivity contribution in [3.05, 3.63) is 12.3 Å². The average molecular weight is 157 g/mol. The van der Waals surface area contributed by atoms with E-state index in [1.54, 1.807) is 0 Å². The Morgan fingerprint density at radius 1 is 1.75 bits per heavy atom. The van der Waals surface area contributed by atoms with Crippen molar-refractivity contribution >= 4 is 55.9 Å². The monoisotopic (exact) mass is 157 g/mol. The molecule has 3 nitrogen and oxygen atoms in total. The van der Waals surface area contributed by atoms with Crippen LogP contribution in [0.3, 0.4) is 0 Å². The third-order valence-electron chi connectivity index (χ3n) is 0.465. The molecule has 8 heavy (non-hydrogen) atoms. The Balaban J connectivity index is 0.000000490. The summed E-state index contributed by atoms with van der Waals surface area (Å²) in [6.07, 6.45) is 2.65. The third-order valence-corrected chi connectivity index (χ3v) is 0.957. The number of hydrogen-bond acceptors (Lipinski definition) is 3. The van der Waals surface area contributed by atoms with Crippen molar-refractivity contribution < 1.29 is 8.98 Å². The summed E-state index contributed by atoms with van der Waals surface area (Å²) in [5.74, 6) is -0.128. The Kier molecular flexibility index (Phi) is 4.84. The number of carbonyl (C=O) groups is 1. The second kappa shape index (κ2) is 4.49. The Hall–Kier alpha value is 0.620. The van der Waals surface area contributed by atoms with Gasteiger partial charge in [0.25, 0.3) is 5.91 Å². The number of rotatable bonds is 0. The zero-order chi connectivity index (χ0) is 5.11. The normalized spacial score (nSPS) is 15.8. The predicted molar refractivity (Wildman–Crippen MR) is 31.7 cm³/mol. The van der Waals surface area contributed by atoms with E-state index in [2.05, 4.69) is 8.91 Å². The van der Waals surface area contributed by atoms with Gasteiger partial charge in [-0.05, 0) is 0 Å². The third kappa shape index (κ3) is 2.81. The molecule has 0 bridgehead atoms. The van der Waals surface area contributed by atoms with E-state index in [-0.39, 0.29) is 43.6 Å². The van der Waals surface area contributed by atoms with Gasteiger partial charge in [0, 0.05) is 43.8 Å². The Labute approximate surface area is 81.2 Å².